The zero-order valence-corrected chi connectivity index (χ0v) is 13.2. The highest BCUT2D eigenvalue weighted by Crippen LogP contribution is 2.21. The van der Waals surface area contributed by atoms with Gasteiger partial charge in [-0.15, -0.1) is 0 Å². The van der Waals surface area contributed by atoms with Crippen LogP contribution in [0.2, 0.25) is 0 Å². The second kappa shape index (κ2) is 7.65. The fourth-order valence-electron chi connectivity index (χ4n) is 2.23. The van der Waals surface area contributed by atoms with Gasteiger partial charge in [0.15, 0.2) is 0 Å². The lowest BCUT2D eigenvalue weighted by molar-refractivity contribution is -0.384. The van der Waals surface area contributed by atoms with Gasteiger partial charge in [0.2, 0.25) is 0 Å². The van der Waals surface area contributed by atoms with Crippen molar-refractivity contribution >= 4 is 11.6 Å². The van der Waals surface area contributed by atoms with E-state index in [1.807, 2.05) is 6.07 Å². The SMILES string of the molecule is N#Cc1ccc(CN(CC(F)(F)F)C(=O)c2ccc([N+](=O)[O-])cc2)cc1. The fourth-order valence-corrected chi connectivity index (χ4v) is 2.23. The quantitative estimate of drug-likeness (QED) is 0.599. The third kappa shape index (κ3) is 5.04. The number of carbonyl (C=O) groups is 1. The molecule has 0 aliphatic heterocycles. The van der Waals surface area contributed by atoms with E-state index in [-0.39, 0.29) is 17.8 Å². The first-order valence-electron chi connectivity index (χ1n) is 7.29. The first-order chi connectivity index (χ1) is 12.2. The monoisotopic (exact) mass is 363 g/mol. The first kappa shape index (κ1) is 18.9. The van der Waals surface area contributed by atoms with E-state index in [1.165, 1.54) is 24.3 Å². The van der Waals surface area contributed by atoms with Gasteiger partial charge in [-0.3, -0.25) is 14.9 Å². The Balaban J connectivity index is 2.26. The smallest absolute Gasteiger partial charge is 0.325 e. The van der Waals surface area contributed by atoms with Gasteiger partial charge in [-0.2, -0.15) is 18.4 Å². The minimum absolute atomic E-state index is 0.0894. The molecule has 0 heterocycles. The second-order valence-corrected chi connectivity index (χ2v) is 5.39. The second-order valence-electron chi connectivity index (χ2n) is 5.39. The van der Waals surface area contributed by atoms with E-state index in [1.54, 1.807) is 0 Å². The first-order valence-corrected chi connectivity index (χ1v) is 7.29. The molecule has 134 valence electrons. The molecule has 0 bridgehead atoms. The van der Waals surface area contributed by atoms with Crippen molar-refractivity contribution in [2.45, 2.75) is 12.7 Å². The summed E-state index contributed by atoms with van der Waals surface area (Å²) in [5.41, 5.74) is 0.408. The fraction of sp³-hybridized carbons (Fsp3) is 0.176. The molecule has 0 atom stereocenters. The Kier molecular flexibility index (Phi) is 5.57. The van der Waals surface area contributed by atoms with Crippen LogP contribution in [-0.4, -0.2) is 28.5 Å². The number of amides is 1. The van der Waals surface area contributed by atoms with Gasteiger partial charge in [-0.25, -0.2) is 0 Å². The third-order valence-corrected chi connectivity index (χ3v) is 3.44. The van der Waals surface area contributed by atoms with Crippen LogP contribution in [0.25, 0.3) is 0 Å². The summed E-state index contributed by atoms with van der Waals surface area (Å²) in [6.45, 7) is -1.79. The molecule has 1 amide bonds. The van der Waals surface area contributed by atoms with E-state index in [0.29, 0.717) is 16.0 Å². The minimum Gasteiger partial charge on any atom is -0.325 e. The molecule has 0 unspecified atom stereocenters. The Labute approximate surface area is 146 Å². The standard InChI is InChI=1S/C17H12F3N3O3/c18-17(19,20)11-22(10-13-3-1-12(9-21)2-4-13)16(24)14-5-7-15(8-6-14)23(25)26/h1-8H,10-11H2. The molecule has 26 heavy (non-hydrogen) atoms. The molecule has 9 heteroatoms. The molecule has 2 aromatic carbocycles. The molecule has 0 spiro atoms. The van der Waals surface area contributed by atoms with Gasteiger partial charge < -0.3 is 4.90 Å². The van der Waals surface area contributed by atoms with Crippen molar-refractivity contribution < 1.29 is 22.9 Å². The number of nitro benzene ring substituents is 1. The number of nitro groups is 1. The molecule has 2 aromatic rings. The van der Waals surface area contributed by atoms with Gasteiger partial charge in [-0.1, -0.05) is 12.1 Å². The summed E-state index contributed by atoms with van der Waals surface area (Å²) in [5, 5.41) is 19.4. The Bertz CT molecular complexity index is 841. The summed E-state index contributed by atoms with van der Waals surface area (Å²) in [5.74, 6) is -0.901. The lowest BCUT2D eigenvalue weighted by Crippen LogP contribution is -2.38. The summed E-state index contributed by atoms with van der Waals surface area (Å²) in [4.78, 5) is 23.0. The Hall–Kier alpha value is -3.41. The van der Waals surface area contributed by atoms with Gasteiger partial charge in [0.1, 0.15) is 6.54 Å². The van der Waals surface area contributed by atoms with E-state index in [2.05, 4.69) is 0 Å². The van der Waals surface area contributed by atoms with Crippen molar-refractivity contribution in [3.8, 4) is 6.07 Å². The maximum Gasteiger partial charge on any atom is 0.406 e. The van der Waals surface area contributed by atoms with Crippen molar-refractivity contribution in [1.82, 2.24) is 4.90 Å². The number of rotatable bonds is 5. The summed E-state index contributed by atoms with van der Waals surface area (Å²) in [6.07, 6.45) is -4.61. The number of nitrogens with zero attached hydrogens (tertiary/aromatic N) is 3. The zero-order chi connectivity index (χ0) is 19.3. The number of carbonyl (C=O) groups excluding carboxylic acids is 1. The van der Waals surface area contributed by atoms with Crippen LogP contribution in [-0.2, 0) is 6.54 Å². The highest BCUT2D eigenvalue weighted by atomic mass is 19.4. The molecule has 0 N–H and O–H groups in total. The molecule has 0 aromatic heterocycles. The third-order valence-electron chi connectivity index (χ3n) is 3.44. The largest absolute Gasteiger partial charge is 0.406 e. The topological polar surface area (TPSA) is 87.2 Å². The molecule has 0 aliphatic rings. The van der Waals surface area contributed by atoms with Crippen LogP contribution in [0.3, 0.4) is 0 Å². The molecule has 0 saturated carbocycles. The molecule has 0 radical (unpaired) electrons. The number of alkyl halides is 3. The van der Waals surface area contributed by atoms with Crippen LogP contribution < -0.4 is 0 Å². The average molecular weight is 363 g/mol. The summed E-state index contributed by atoms with van der Waals surface area (Å²) >= 11 is 0. The molecular formula is C17H12F3N3O3. The molecule has 0 fully saturated rings. The van der Waals surface area contributed by atoms with Gasteiger partial charge in [-0.05, 0) is 29.8 Å². The number of hydrogen-bond acceptors (Lipinski definition) is 4. The number of non-ortho nitro benzene ring substituents is 1. The molecule has 0 aliphatic carbocycles. The predicted molar refractivity (Wildman–Crippen MR) is 85.0 cm³/mol. The average Bonchev–Trinajstić information content (AvgIpc) is 2.60. The van der Waals surface area contributed by atoms with Crippen LogP contribution in [0.5, 0.6) is 0 Å². The number of halogens is 3. The maximum absolute atomic E-state index is 12.8. The van der Waals surface area contributed by atoms with Crippen LogP contribution in [0.4, 0.5) is 18.9 Å². The van der Waals surface area contributed by atoms with Crippen LogP contribution in [0.15, 0.2) is 48.5 Å². The lowest BCUT2D eigenvalue weighted by atomic mass is 10.1. The predicted octanol–water partition coefficient (Wildman–Crippen LogP) is 3.67. The summed E-state index contributed by atoms with van der Waals surface area (Å²) in [6, 6.07) is 12.0. The van der Waals surface area contributed by atoms with Crippen molar-refractivity contribution in [3.63, 3.8) is 0 Å². The molecule has 0 saturated heterocycles. The number of hydrogen-bond donors (Lipinski definition) is 0. The highest BCUT2D eigenvalue weighted by molar-refractivity contribution is 5.94. The highest BCUT2D eigenvalue weighted by Gasteiger charge is 2.33. The van der Waals surface area contributed by atoms with E-state index in [9.17, 15) is 28.1 Å². The molecular weight excluding hydrogens is 351 g/mol. The number of benzene rings is 2. The van der Waals surface area contributed by atoms with Gasteiger partial charge in [0.05, 0.1) is 16.6 Å². The van der Waals surface area contributed by atoms with Crippen LogP contribution in [0, 0.1) is 21.4 Å². The zero-order valence-electron chi connectivity index (χ0n) is 13.2. The van der Waals surface area contributed by atoms with Gasteiger partial charge in [0.25, 0.3) is 11.6 Å². The Morgan fingerprint density at radius 3 is 2.15 bits per heavy atom. The van der Waals surface area contributed by atoms with Crippen LogP contribution in [0.1, 0.15) is 21.5 Å². The molecule has 6 nitrogen and oxygen atoms in total. The summed E-state index contributed by atoms with van der Waals surface area (Å²) in [7, 11) is 0. The summed E-state index contributed by atoms with van der Waals surface area (Å²) < 4.78 is 38.5. The van der Waals surface area contributed by atoms with Crippen molar-refractivity contribution in [3.05, 3.63) is 75.3 Å². The normalized spacial score (nSPS) is 10.8. The van der Waals surface area contributed by atoms with Crippen LogP contribution >= 0.6 is 0 Å². The van der Waals surface area contributed by atoms with E-state index < -0.39 is 23.6 Å². The van der Waals surface area contributed by atoms with E-state index in [4.69, 9.17) is 5.26 Å². The maximum atomic E-state index is 12.8. The Morgan fingerprint density at radius 1 is 1.12 bits per heavy atom. The number of nitriles is 1. The van der Waals surface area contributed by atoms with Crippen molar-refractivity contribution in [2.24, 2.45) is 0 Å². The van der Waals surface area contributed by atoms with E-state index in [0.717, 1.165) is 24.3 Å². The minimum atomic E-state index is -4.61. The van der Waals surface area contributed by atoms with E-state index >= 15 is 0 Å². The molecule has 2 rings (SSSR count). The van der Waals surface area contributed by atoms with Crippen molar-refractivity contribution in [1.29, 1.82) is 5.26 Å². The van der Waals surface area contributed by atoms with Gasteiger partial charge in [0, 0.05) is 24.2 Å². The van der Waals surface area contributed by atoms with Crippen molar-refractivity contribution in [2.75, 3.05) is 6.54 Å². The Morgan fingerprint density at radius 2 is 1.69 bits per heavy atom. The lowest BCUT2D eigenvalue weighted by Gasteiger charge is -2.24. The van der Waals surface area contributed by atoms with Gasteiger partial charge >= 0.3 is 6.18 Å².